The predicted octanol–water partition coefficient (Wildman–Crippen LogP) is 2.98. The number of nitrogens with one attached hydrogen (secondary N) is 1. The molecule has 2 amide bonds. The minimum absolute atomic E-state index is 0.0169. The summed E-state index contributed by atoms with van der Waals surface area (Å²) < 4.78 is 0. The molecule has 6 heteroatoms. The monoisotopic (exact) mass is 316 g/mol. The summed E-state index contributed by atoms with van der Waals surface area (Å²) in [6, 6.07) is 7.81. The van der Waals surface area contributed by atoms with Crippen LogP contribution in [0.5, 0.6) is 0 Å². The SMILES string of the molecule is CN1CCCN(C(=O)Nc2ccc(-c3cscn3)cc2)CC1. The molecule has 0 radical (unpaired) electrons. The van der Waals surface area contributed by atoms with E-state index >= 15 is 0 Å². The van der Waals surface area contributed by atoms with Crippen LogP contribution < -0.4 is 5.32 Å². The van der Waals surface area contributed by atoms with E-state index in [0.29, 0.717) is 0 Å². The lowest BCUT2D eigenvalue weighted by molar-refractivity contribution is 0.213. The average molecular weight is 316 g/mol. The van der Waals surface area contributed by atoms with Gasteiger partial charge >= 0.3 is 6.03 Å². The summed E-state index contributed by atoms with van der Waals surface area (Å²) in [6.45, 7) is 3.56. The van der Waals surface area contributed by atoms with Gasteiger partial charge in [0.05, 0.1) is 11.2 Å². The van der Waals surface area contributed by atoms with Crippen molar-refractivity contribution in [3.8, 4) is 11.3 Å². The minimum Gasteiger partial charge on any atom is -0.323 e. The first-order valence-electron chi connectivity index (χ1n) is 7.45. The molecule has 2 aromatic rings. The first-order valence-corrected chi connectivity index (χ1v) is 8.40. The van der Waals surface area contributed by atoms with E-state index in [0.717, 1.165) is 49.5 Å². The maximum absolute atomic E-state index is 12.3. The number of likely N-dealkylation sites (N-methyl/N-ethyl adjacent to an activating group) is 1. The zero-order chi connectivity index (χ0) is 15.4. The molecule has 0 unspecified atom stereocenters. The highest BCUT2D eigenvalue weighted by atomic mass is 32.1. The number of hydrogen-bond donors (Lipinski definition) is 1. The standard InChI is InChI=1S/C16H20N4OS/c1-19-7-2-8-20(10-9-19)16(21)18-14-5-3-13(4-6-14)15-11-22-12-17-15/h3-6,11-12H,2,7-10H2,1H3,(H,18,21). The Labute approximate surface area is 134 Å². The molecule has 2 heterocycles. The third-order valence-corrected chi connectivity index (χ3v) is 4.46. The van der Waals surface area contributed by atoms with Crippen LogP contribution >= 0.6 is 11.3 Å². The van der Waals surface area contributed by atoms with E-state index in [-0.39, 0.29) is 6.03 Å². The first kappa shape index (κ1) is 15.0. The molecule has 0 spiro atoms. The summed E-state index contributed by atoms with van der Waals surface area (Å²) in [5, 5.41) is 4.99. The smallest absolute Gasteiger partial charge is 0.321 e. The van der Waals surface area contributed by atoms with E-state index in [2.05, 4.69) is 22.2 Å². The van der Waals surface area contributed by atoms with Crippen LogP contribution in [0, 0.1) is 0 Å². The molecule has 5 nitrogen and oxygen atoms in total. The number of rotatable bonds is 2. The number of aromatic nitrogens is 1. The Bertz CT molecular complexity index is 612. The molecule has 1 aromatic heterocycles. The number of hydrogen-bond acceptors (Lipinski definition) is 4. The topological polar surface area (TPSA) is 48.5 Å². The van der Waals surface area contributed by atoms with E-state index in [4.69, 9.17) is 0 Å². The van der Waals surface area contributed by atoms with Crippen LogP contribution in [0.1, 0.15) is 6.42 Å². The second-order valence-corrected chi connectivity index (χ2v) is 6.24. The summed E-state index contributed by atoms with van der Waals surface area (Å²) in [6.07, 6.45) is 1.02. The largest absolute Gasteiger partial charge is 0.323 e. The number of nitrogens with zero attached hydrogens (tertiary/aromatic N) is 3. The summed E-state index contributed by atoms with van der Waals surface area (Å²) in [7, 11) is 2.10. The molecule has 3 rings (SSSR count). The van der Waals surface area contributed by atoms with Gasteiger partial charge in [0.2, 0.25) is 0 Å². The van der Waals surface area contributed by atoms with Crippen LogP contribution in [-0.4, -0.2) is 54.0 Å². The molecular formula is C16H20N4OS. The van der Waals surface area contributed by atoms with Crippen LogP contribution in [0.2, 0.25) is 0 Å². The van der Waals surface area contributed by atoms with E-state index < -0.39 is 0 Å². The fourth-order valence-corrected chi connectivity index (χ4v) is 3.09. The molecule has 1 aliphatic heterocycles. The summed E-state index contributed by atoms with van der Waals surface area (Å²) >= 11 is 1.58. The van der Waals surface area contributed by atoms with Crippen molar-refractivity contribution in [1.82, 2.24) is 14.8 Å². The van der Waals surface area contributed by atoms with Gasteiger partial charge in [-0.3, -0.25) is 0 Å². The number of urea groups is 1. The Morgan fingerprint density at radius 1 is 1.18 bits per heavy atom. The predicted molar refractivity (Wildman–Crippen MR) is 90.3 cm³/mol. The number of carbonyl (C=O) groups excluding carboxylic acids is 1. The number of anilines is 1. The highest BCUT2D eigenvalue weighted by Crippen LogP contribution is 2.21. The van der Waals surface area contributed by atoms with E-state index in [1.807, 2.05) is 40.1 Å². The molecule has 0 aliphatic carbocycles. The lowest BCUT2D eigenvalue weighted by atomic mass is 10.1. The number of carbonyl (C=O) groups is 1. The second kappa shape index (κ2) is 6.89. The molecule has 1 aliphatic rings. The molecular weight excluding hydrogens is 296 g/mol. The van der Waals surface area contributed by atoms with E-state index in [1.165, 1.54) is 0 Å². The lowest BCUT2D eigenvalue weighted by Gasteiger charge is -2.21. The number of amides is 2. The average Bonchev–Trinajstić information content (AvgIpc) is 2.97. The first-order chi connectivity index (χ1) is 10.7. The van der Waals surface area contributed by atoms with Gasteiger partial charge in [0.15, 0.2) is 0 Å². The summed E-state index contributed by atoms with van der Waals surface area (Å²) in [5.74, 6) is 0. The summed E-state index contributed by atoms with van der Waals surface area (Å²) in [5.41, 5.74) is 4.68. The van der Waals surface area contributed by atoms with Gasteiger partial charge in [0.1, 0.15) is 0 Å². The number of benzene rings is 1. The van der Waals surface area contributed by atoms with Gasteiger partial charge in [-0.15, -0.1) is 11.3 Å². The van der Waals surface area contributed by atoms with Gasteiger partial charge in [-0.05, 0) is 32.1 Å². The van der Waals surface area contributed by atoms with Crippen molar-refractivity contribution in [2.75, 3.05) is 38.5 Å². The van der Waals surface area contributed by atoms with Crippen LogP contribution in [0.3, 0.4) is 0 Å². The quantitative estimate of drug-likeness (QED) is 0.926. The van der Waals surface area contributed by atoms with Gasteiger partial charge in [-0.25, -0.2) is 9.78 Å². The van der Waals surface area contributed by atoms with Gasteiger partial charge < -0.3 is 15.1 Å². The van der Waals surface area contributed by atoms with Gasteiger partial charge in [-0.2, -0.15) is 0 Å². The van der Waals surface area contributed by atoms with E-state index in [9.17, 15) is 4.79 Å². The fraction of sp³-hybridized carbons (Fsp3) is 0.375. The van der Waals surface area contributed by atoms with Crippen LogP contribution in [0.15, 0.2) is 35.2 Å². The minimum atomic E-state index is -0.0169. The fourth-order valence-electron chi connectivity index (χ4n) is 2.53. The highest BCUT2D eigenvalue weighted by Gasteiger charge is 2.17. The van der Waals surface area contributed by atoms with E-state index in [1.54, 1.807) is 11.3 Å². The second-order valence-electron chi connectivity index (χ2n) is 5.53. The molecule has 0 saturated carbocycles. The summed E-state index contributed by atoms with van der Waals surface area (Å²) in [4.78, 5) is 20.8. The molecule has 22 heavy (non-hydrogen) atoms. The highest BCUT2D eigenvalue weighted by molar-refractivity contribution is 7.07. The van der Waals surface area contributed by atoms with Crippen LogP contribution in [0.25, 0.3) is 11.3 Å². The Hall–Kier alpha value is -1.92. The molecule has 1 saturated heterocycles. The lowest BCUT2D eigenvalue weighted by Crippen LogP contribution is -2.37. The maximum atomic E-state index is 12.3. The normalized spacial score (nSPS) is 16.3. The van der Waals surface area contributed by atoms with Crippen molar-refractivity contribution >= 4 is 23.1 Å². The zero-order valence-corrected chi connectivity index (χ0v) is 13.5. The van der Waals surface area contributed by atoms with Crippen molar-refractivity contribution in [2.24, 2.45) is 0 Å². The third kappa shape index (κ3) is 3.64. The molecule has 1 fully saturated rings. The van der Waals surface area contributed by atoms with Crippen LogP contribution in [-0.2, 0) is 0 Å². The Balaban J connectivity index is 1.61. The molecule has 1 aromatic carbocycles. The number of thiazole rings is 1. The Morgan fingerprint density at radius 3 is 2.73 bits per heavy atom. The van der Waals surface area contributed by atoms with Crippen molar-refractivity contribution in [2.45, 2.75) is 6.42 Å². The van der Waals surface area contributed by atoms with Crippen molar-refractivity contribution in [3.05, 3.63) is 35.2 Å². The van der Waals surface area contributed by atoms with Crippen molar-refractivity contribution in [3.63, 3.8) is 0 Å². The molecule has 0 atom stereocenters. The van der Waals surface area contributed by atoms with Gasteiger partial charge in [-0.1, -0.05) is 12.1 Å². The van der Waals surface area contributed by atoms with Crippen LogP contribution in [0.4, 0.5) is 10.5 Å². The molecule has 0 bridgehead atoms. The van der Waals surface area contributed by atoms with Gasteiger partial charge in [0, 0.05) is 36.3 Å². The Kier molecular flexibility index (Phi) is 4.70. The third-order valence-electron chi connectivity index (χ3n) is 3.87. The van der Waals surface area contributed by atoms with Gasteiger partial charge in [0.25, 0.3) is 0 Å². The molecule has 1 N–H and O–H groups in total. The Morgan fingerprint density at radius 2 is 2.00 bits per heavy atom. The molecule has 116 valence electrons. The van der Waals surface area contributed by atoms with Crippen molar-refractivity contribution < 1.29 is 4.79 Å². The maximum Gasteiger partial charge on any atom is 0.321 e. The van der Waals surface area contributed by atoms with Crippen molar-refractivity contribution in [1.29, 1.82) is 0 Å². The zero-order valence-electron chi connectivity index (χ0n) is 12.7.